The number of allylic oxidation sites excluding steroid dienone is 2. The summed E-state index contributed by atoms with van der Waals surface area (Å²) in [4.78, 5) is 10.7. The molecule has 0 aromatic heterocycles. The second-order valence-electron chi connectivity index (χ2n) is 4.31. The van der Waals surface area contributed by atoms with Crippen LogP contribution in [0.4, 0.5) is 0 Å². The van der Waals surface area contributed by atoms with Gasteiger partial charge in [0, 0.05) is 6.42 Å². The molecule has 0 aliphatic rings. The van der Waals surface area contributed by atoms with Crippen LogP contribution in [0.1, 0.15) is 47.0 Å². The number of Topliss-reactive ketones (excluding diaryl/α,β-unsaturated/α-hetero) is 1. The van der Waals surface area contributed by atoms with Crippen LogP contribution in [0.25, 0.3) is 0 Å². The number of carbonyl (C=O) groups excluding carboxylic acids is 1. The molecule has 2 nitrogen and oxygen atoms in total. The summed E-state index contributed by atoms with van der Waals surface area (Å²) in [6.07, 6.45) is 5.51. The van der Waals surface area contributed by atoms with Crippen molar-refractivity contribution in [3.05, 3.63) is 23.3 Å². The Hall–Kier alpha value is -0.890. The summed E-state index contributed by atoms with van der Waals surface area (Å²) in [6.45, 7) is 7.53. The van der Waals surface area contributed by atoms with Crippen LogP contribution >= 0.6 is 0 Å². The van der Waals surface area contributed by atoms with Gasteiger partial charge in [0.05, 0.1) is 6.10 Å². The average molecular weight is 210 g/mol. The number of aliphatic hydroxyl groups excluding tert-OH is 1. The molecule has 0 aromatic rings. The van der Waals surface area contributed by atoms with Gasteiger partial charge in [0.25, 0.3) is 0 Å². The second kappa shape index (κ2) is 7.41. The molecule has 0 saturated heterocycles. The van der Waals surface area contributed by atoms with Crippen LogP contribution in [0.2, 0.25) is 0 Å². The lowest BCUT2D eigenvalue weighted by atomic mass is 10.1. The van der Waals surface area contributed by atoms with Crippen molar-refractivity contribution in [1.29, 1.82) is 0 Å². The van der Waals surface area contributed by atoms with E-state index in [2.05, 4.69) is 0 Å². The predicted octanol–water partition coefficient (Wildman–Crippen LogP) is 3.02. The van der Waals surface area contributed by atoms with Crippen molar-refractivity contribution < 1.29 is 9.90 Å². The first-order chi connectivity index (χ1) is 6.91. The predicted molar refractivity (Wildman–Crippen MR) is 63.7 cm³/mol. The molecule has 0 saturated carbocycles. The molecule has 0 aliphatic heterocycles. The first-order valence-electron chi connectivity index (χ1n) is 5.40. The van der Waals surface area contributed by atoms with Crippen molar-refractivity contribution in [2.45, 2.75) is 53.1 Å². The normalized spacial score (nSPS) is 13.5. The minimum absolute atomic E-state index is 0.212. The molecule has 86 valence electrons. The third-order valence-electron chi connectivity index (χ3n) is 2.05. The van der Waals surface area contributed by atoms with Crippen LogP contribution in [-0.4, -0.2) is 17.0 Å². The van der Waals surface area contributed by atoms with Gasteiger partial charge in [0.1, 0.15) is 5.78 Å². The number of carbonyl (C=O) groups is 1. The first kappa shape index (κ1) is 14.1. The summed E-state index contributed by atoms with van der Waals surface area (Å²) >= 11 is 0. The van der Waals surface area contributed by atoms with Gasteiger partial charge in [-0.25, -0.2) is 0 Å². The summed E-state index contributed by atoms with van der Waals surface area (Å²) in [7, 11) is 0. The largest absolute Gasteiger partial charge is 0.389 e. The number of hydrogen-bond donors (Lipinski definition) is 1. The van der Waals surface area contributed by atoms with Crippen LogP contribution in [0.15, 0.2) is 23.3 Å². The van der Waals surface area contributed by atoms with Crippen molar-refractivity contribution in [2.75, 3.05) is 0 Å². The SMILES string of the molecule is CC(=O)CC/C=C(\C)CC(O)C=C(C)C. The van der Waals surface area contributed by atoms with Gasteiger partial charge >= 0.3 is 0 Å². The highest BCUT2D eigenvalue weighted by molar-refractivity contribution is 5.75. The fraction of sp³-hybridized carbons (Fsp3) is 0.615. The zero-order valence-corrected chi connectivity index (χ0v) is 10.2. The minimum Gasteiger partial charge on any atom is -0.389 e. The van der Waals surface area contributed by atoms with Crippen LogP contribution in [0.5, 0.6) is 0 Å². The van der Waals surface area contributed by atoms with Gasteiger partial charge in [-0.15, -0.1) is 0 Å². The molecular formula is C13H22O2. The zero-order valence-electron chi connectivity index (χ0n) is 10.2. The Morgan fingerprint density at radius 1 is 1.27 bits per heavy atom. The summed E-state index contributed by atoms with van der Waals surface area (Å²) in [5.74, 6) is 0.212. The van der Waals surface area contributed by atoms with Gasteiger partial charge in [-0.1, -0.05) is 23.3 Å². The molecule has 0 bridgehead atoms. The molecule has 0 spiro atoms. The molecule has 1 atom stereocenters. The zero-order chi connectivity index (χ0) is 11.8. The first-order valence-corrected chi connectivity index (χ1v) is 5.40. The topological polar surface area (TPSA) is 37.3 Å². The van der Waals surface area contributed by atoms with Crippen molar-refractivity contribution >= 4 is 5.78 Å². The molecule has 2 heteroatoms. The van der Waals surface area contributed by atoms with E-state index in [-0.39, 0.29) is 5.78 Å². The maximum Gasteiger partial charge on any atom is 0.130 e. The van der Waals surface area contributed by atoms with Gasteiger partial charge in [0.15, 0.2) is 0 Å². The van der Waals surface area contributed by atoms with E-state index < -0.39 is 6.10 Å². The maximum absolute atomic E-state index is 10.7. The van der Waals surface area contributed by atoms with Crippen molar-refractivity contribution in [3.8, 4) is 0 Å². The van der Waals surface area contributed by atoms with Gasteiger partial charge in [-0.2, -0.15) is 0 Å². The molecule has 0 radical (unpaired) electrons. The fourth-order valence-corrected chi connectivity index (χ4v) is 1.38. The standard InChI is InChI=1S/C13H22O2/c1-10(2)8-13(15)9-11(3)6-5-7-12(4)14/h6,8,13,15H,5,7,9H2,1-4H3/b11-6+. The average Bonchev–Trinajstić information content (AvgIpc) is 2.00. The Kier molecular flexibility index (Phi) is 6.97. The molecule has 0 aliphatic carbocycles. The quantitative estimate of drug-likeness (QED) is 0.684. The summed E-state index contributed by atoms with van der Waals surface area (Å²) < 4.78 is 0. The fourth-order valence-electron chi connectivity index (χ4n) is 1.38. The monoisotopic (exact) mass is 210 g/mol. The maximum atomic E-state index is 10.7. The number of aliphatic hydroxyl groups is 1. The van der Waals surface area contributed by atoms with Crippen LogP contribution in [0, 0.1) is 0 Å². The van der Waals surface area contributed by atoms with Gasteiger partial charge in [0.2, 0.25) is 0 Å². The minimum atomic E-state index is -0.399. The Balaban J connectivity index is 3.95. The summed E-state index contributed by atoms with van der Waals surface area (Å²) in [6, 6.07) is 0. The van der Waals surface area contributed by atoms with Crippen molar-refractivity contribution in [1.82, 2.24) is 0 Å². The highest BCUT2D eigenvalue weighted by Gasteiger charge is 2.01. The lowest BCUT2D eigenvalue weighted by molar-refractivity contribution is -0.116. The number of rotatable bonds is 6. The Morgan fingerprint density at radius 3 is 2.33 bits per heavy atom. The van der Waals surface area contributed by atoms with Gasteiger partial charge in [-0.3, -0.25) is 0 Å². The van der Waals surface area contributed by atoms with Crippen molar-refractivity contribution in [2.24, 2.45) is 0 Å². The highest BCUT2D eigenvalue weighted by atomic mass is 16.3. The third-order valence-corrected chi connectivity index (χ3v) is 2.05. The molecule has 0 heterocycles. The summed E-state index contributed by atoms with van der Waals surface area (Å²) in [5, 5.41) is 9.61. The van der Waals surface area contributed by atoms with E-state index >= 15 is 0 Å². The molecule has 15 heavy (non-hydrogen) atoms. The Labute approximate surface area is 92.7 Å². The van der Waals surface area contributed by atoms with Crippen molar-refractivity contribution in [3.63, 3.8) is 0 Å². The van der Waals surface area contributed by atoms with E-state index in [4.69, 9.17) is 0 Å². The van der Waals surface area contributed by atoms with E-state index in [9.17, 15) is 9.90 Å². The number of ketones is 1. The molecule has 0 amide bonds. The molecule has 1 N–H and O–H groups in total. The smallest absolute Gasteiger partial charge is 0.130 e. The van der Waals surface area contributed by atoms with E-state index in [0.29, 0.717) is 12.8 Å². The van der Waals surface area contributed by atoms with Crippen LogP contribution in [-0.2, 0) is 4.79 Å². The Morgan fingerprint density at radius 2 is 1.87 bits per heavy atom. The summed E-state index contributed by atoms with van der Waals surface area (Å²) in [5.41, 5.74) is 2.26. The third kappa shape index (κ3) is 9.42. The van der Waals surface area contributed by atoms with E-state index in [1.165, 1.54) is 0 Å². The van der Waals surface area contributed by atoms with Gasteiger partial charge in [-0.05, 0) is 40.5 Å². The van der Waals surface area contributed by atoms with E-state index in [1.54, 1.807) is 6.92 Å². The lowest BCUT2D eigenvalue weighted by Gasteiger charge is -2.06. The molecule has 0 fully saturated rings. The Bertz CT molecular complexity index is 258. The molecule has 0 rings (SSSR count). The number of hydrogen-bond acceptors (Lipinski definition) is 2. The molecule has 0 aromatic carbocycles. The van der Waals surface area contributed by atoms with Gasteiger partial charge < -0.3 is 9.90 Å². The van der Waals surface area contributed by atoms with E-state index in [1.807, 2.05) is 32.9 Å². The molecule has 1 unspecified atom stereocenters. The second-order valence-corrected chi connectivity index (χ2v) is 4.31. The molecular weight excluding hydrogens is 188 g/mol. The highest BCUT2D eigenvalue weighted by Crippen LogP contribution is 2.09. The van der Waals surface area contributed by atoms with E-state index in [0.717, 1.165) is 17.6 Å². The van der Waals surface area contributed by atoms with Crippen LogP contribution < -0.4 is 0 Å². The van der Waals surface area contributed by atoms with Crippen LogP contribution in [0.3, 0.4) is 0 Å². The lowest BCUT2D eigenvalue weighted by Crippen LogP contribution is -2.03.